The van der Waals surface area contributed by atoms with Crippen LogP contribution in [0, 0.1) is 17.1 Å². The Balaban J connectivity index is 1.30. The van der Waals surface area contributed by atoms with Crippen molar-refractivity contribution in [1.29, 1.82) is 5.26 Å². The Morgan fingerprint density at radius 3 is 2.26 bits per heavy atom. The van der Waals surface area contributed by atoms with Crippen LogP contribution in [-0.2, 0) is 21.6 Å². The number of aliphatic imine (C=N–C) groups is 1. The van der Waals surface area contributed by atoms with Crippen LogP contribution in [-0.4, -0.2) is 71.9 Å². The van der Waals surface area contributed by atoms with E-state index in [1.54, 1.807) is 64.4 Å². The number of hydrogen-bond donors (Lipinski definition) is 1. The normalized spacial score (nSPS) is 17.7. The summed E-state index contributed by atoms with van der Waals surface area (Å²) >= 11 is 0. The van der Waals surface area contributed by atoms with Crippen LogP contribution in [0.3, 0.4) is 0 Å². The molecule has 2 aliphatic heterocycles. The van der Waals surface area contributed by atoms with Gasteiger partial charge in [0.2, 0.25) is 0 Å². The second-order valence-corrected chi connectivity index (χ2v) is 11.3. The molecular formula is C36H31FN6O4. The van der Waals surface area contributed by atoms with Crippen LogP contribution in [0.15, 0.2) is 102 Å². The molecule has 0 radical (unpaired) electrons. The van der Waals surface area contributed by atoms with E-state index in [-0.39, 0.29) is 18.4 Å². The number of halogens is 1. The minimum atomic E-state index is -1.60. The van der Waals surface area contributed by atoms with Crippen LogP contribution >= 0.6 is 0 Å². The molecule has 0 aromatic heterocycles. The SMILES string of the molecule is COC(=O)N1CCN(C(=O)c2cccc(CN3C(=O)C(c4ccc(F)cc4)(c4cccc(-c5cccc(C#N)c5)c4)N=C3N)c2)CC1. The van der Waals surface area contributed by atoms with E-state index in [1.807, 2.05) is 18.2 Å². The third kappa shape index (κ3) is 5.89. The number of hydrogen-bond acceptors (Lipinski definition) is 7. The molecule has 2 heterocycles. The molecule has 236 valence electrons. The van der Waals surface area contributed by atoms with Crippen molar-refractivity contribution in [1.82, 2.24) is 14.7 Å². The van der Waals surface area contributed by atoms with E-state index in [4.69, 9.17) is 15.5 Å². The van der Waals surface area contributed by atoms with Gasteiger partial charge in [-0.25, -0.2) is 14.2 Å². The van der Waals surface area contributed by atoms with E-state index in [2.05, 4.69) is 6.07 Å². The van der Waals surface area contributed by atoms with Crippen LogP contribution in [0.25, 0.3) is 11.1 Å². The smallest absolute Gasteiger partial charge is 0.409 e. The van der Waals surface area contributed by atoms with E-state index in [0.717, 1.165) is 11.1 Å². The molecule has 10 nitrogen and oxygen atoms in total. The number of carbonyl (C=O) groups excluding carboxylic acids is 3. The number of ether oxygens (including phenoxy) is 1. The molecule has 0 spiro atoms. The Morgan fingerprint density at radius 1 is 0.894 bits per heavy atom. The third-order valence-electron chi connectivity index (χ3n) is 8.50. The Kier molecular flexibility index (Phi) is 8.42. The first-order valence-electron chi connectivity index (χ1n) is 15.0. The zero-order valence-electron chi connectivity index (χ0n) is 25.6. The maximum Gasteiger partial charge on any atom is 0.409 e. The molecule has 1 atom stereocenters. The van der Waals surface area contributed by atoms with E-state index in [1.165, 1.54) is 36.3 Å². The Labute approximate surface area is 271 Å². The molecule has 11 heteroatoms. The van der Waals surface area contributed by atoms with Gasteiger partial charge in [-0.2, -0.15) is 5.26 Å². The van der Waals surface area contributed by atoms with Gasteiger partial charge in [0.25, 0.3) is 11.8 Å². The standard InChI is InChI=1S/C36H31FN6O4/c1-47-35(46)42-17-15-41(16-18-42)32(44)28-9-3-6-25(20-28)23-43-33(45)36(40-34(43)39,29-11-13-31(37)14-12-29)30-10-4-8-27(21-30)26-7-2-5-24(19-26)22-38/h2-14,19-21H,15-18,23H2,1H3,(H2,39,40). The number of guanidine groups is 1. The van der Waals surface area contributed by atoms with Gasteiger partial charge in [-0.05, 0) is 70.3 Å². The average molecular weight is 631 g/mol. The minimum Gasteiger partial charge on any atom is -0.453 e. The maximum absolute atomic E-state index is 14.5. The molecule has 6 rings (SSSR count). The highest BCUT2D eigenvalue weighted by Gasteiger charge is 2.50. The van der Waals surface area contributed by atoms with E-state index < -0.39 is 23.4 Å². The summed E-state index contributed by atoms with van der Waals surface area (Å²) in [6.07, 6.45) is -0.426. The first kappa shape index (κ1) is 31.0. The van der Waals surface area contributed by atoms with Gasteiger partial charge in [0.05, 0.1) is 25.3 Å². The molecule has 0 saturated carbocycles. The minimum absolute atomic E-state index is 0.0214. The first-order chi connectivity index (χ1) is 22.7. The van der Waals surface area contributed by atoms with Crippen molar-refractivity contribution >= 4 is 23.9 Å². The summed E-state index contributed by atoms with van der Waals surface area (Å²) < 4.78 is 18.8. The summed E-state index contributed by atoms with van der Waals surface area (Å²) in [4.78, 5) is 49.1. The van der Waals surface area contributed by atoms with Gasteiger partial charge in [-0.15, -0.1) is 0 Å². The van der Waals surface area contributed by atoms with Crippen LogP contribution < -0.4 is 5.73 Å². The van der Waals surface area contributed by atoms with Crippen LogP contribution in [0.4, 0.5) is 9.18 Å². The number of piperazine rings is 1. The number of amides is 3. The van der Waals surface area contributed by atoms with Gasteiger partial charge in [0.15, 0.2) is 11.5 Å². The van der Waals surface area contributed by atoms with E-state index >= 15 is 0 Å². The van der Waals surface area contributed by atoms with E-state index in [0.29, 0.717) is 54.0 Å². The summed E-state index contributed by atoms with van der Waals surface area (Å²) in [7, 11) is 1.32. The van der Waals surface area contributed by atoms with Gasteiger partial charge in [-0.1, -0.05) is 54.6 Å². The lowest BCUT2D eigenvalue weighted by molar-refractivity contribution is -0.130. The fourth-order valence-corrected chi connectivity index (χ4v) is 6.05. The Morgan fingerprint density at radius 2 is 1.55 bits per heavy atom. The van der Waals surface area contributed by atoms with Gasteiger partial charge in [0.1, 0.15) is 5.82 Å². The first-order valence-corrected chi connectivity index (χ1v) is 15.0. The van der Waals surface area contributed by atoms with Gasteiger partial charge >= 0.3 is 6.09 Å². The maximum atomic E-state index is 14.5. The Hall–Kier alpha value is -6.02. The highest BCUT2D eigenvalue weighted by molar-refractivity contribution is 6.09. The molecule has 1 saturated heterocycles. The van der Waals surface area contributed by atoms with Crippen LogP contribution in [0.1, 0.15) is 32.6 Å². The predicted octanol–water partition coefficient (Wildman–Crippen LogP) is 4.49. The molecule has 4 aromatic rings. The summed E-state index contributed by atoms with van der Waals surface area (Å²) in [5, 5.41) is 9.41. The number of nitrogens with two attached hydrogens (primary N) is 1. The molecular weight excluding hydrogens is 599 g/mol. The van der Waals surface area contributed by atoms with Crippen LogP contribution in [0.5, 0.6) is 0 Å². The summed E-state index contributed by atoms with van der Waals surface area (Å²) in [6.45, 7) is 1.50. The topological polar surface area (TPSA) is 132 Å². The summed E-state index contributed by atoms with van der Waals surface area (Å²) in [5.41, 5.74) is 8.97. The molecule has 0 aliphatic carbocycles. The number of rotatable bonds is 6. The number of carbonyl (C=O) groups is 3. The molecule has 4 aromatic carbocycles. The molecule has 3 amide bonds. The Bertz CT molecular complexity index is 1930. The monoisotopic (exact) mass is 630 g/mol. The molecule has 2 aliphatic rings. The van der Waals surface area contributed by atoms with Gasteiger partial charge in [0, 0.05) is 31.7 Å². The van der Waals surface area contributed by atoms with E-state index in [9.17, 15) is 24.0 Å². The molecule has 47 heavy (non-hydrogen) atoms. The lowest BCUT2D eigenvalue weighted by Crippen LogP contribution is -2.50. The summed E-state index contributed by atoms with van der Waals surface area (Å²) in [6, 6.07) is 29.1. The lowest BCUT2D eigenvalue weighted by atomic mass is 9.81. The fraction of sp³-hybridized carbons (Fsp3) is 0.194. The highest BCUT2D eigenvalue weighted by Crippen LogP contribution is 2.41. The average Bonchev–Trinajstić information content (AvgIpc) is 3.37. The fourth-order valence-electron chi connectivity index (χ4n) is 6.05. The highest BCUT2D eigenvalue weighted by atomic mass is 19.1. The molecule has 2 N–H and O–H groups in total. The lowest BCUT2D eigenvalue weighted by Gasteiger charge is -2.34. The van der Waals surface area contributed by atoms with Crippen molar-refractivity contribution in [2.24, 2.45) is 10.7 Å². The number of methoxy groups -OCH3 is 1. The molecule has 0 bridgehead atoms. The van der Waals surface area contributed by atoms with Crippen molar-refractivity contribution < 1.29 is 23.5 Å². The number of benzene rings is 4. The second kappa shape index (κ2) is 12.8. The second-order valence-electron chi connectivity index (χ2n) is 11.3. The zero-order chi connectivity index (χ0) is 33.1. The number of nitrogens with zero attached hydrogens (tertiary/aromatic N) is 5. The van der Waals surface area contributed by atoms with Gasteiger partial charge < -0.3 is 20.3 Å². The summed E-state index contributed by atoms with van der Waals surface area (Å²) in [5.74, 6) is -1.10. The van der Waals surface area contributed by atoms with Crippen molar-refractivity contribution in [3.05, 3.63) is 131 Å². The molecule has 1 fully saturated rings. The van der Waals surface area contributed by atoms with Crippen molar-refractivity contribution in [3.63, 3.8) is 0 Å². The van der Waals surface area contributed by atoms with Crippen LogP contribution in [0.2, 0.25) is 0 Å². The largest absolute Gasteiger partial charge is 0.453 e. The van der Waals surface area contributed by atoms with Crippen molar-refractivity contribution in [3.8, 4) is 17.2 Å². The predicted molar refractivity (Wildman–Crippen MR) is 172 cm³/mol. The van der Waals surface area contributed by atoms with Gasteiger partial charge in [-0.3, -0.25) is 14.5 Å². The molecule has 1 unspecified atom stereocenters. The quantitative estimate of drug-likeness (QED) is 0.334. The zero-order valence-corrected chi connectivity index (χ0v) is 25.6. The third-order valence-corrected chi connectivity index (χ3v) is 8.50. The van der Waals surface area contributed by atoms with Crippen molar-refractivity contribution in [2.45, 2.75) is 12.1 Å². The number of nitriles is 1. The van der Waals surface area contributed by atoms with Crippen molar-refractivity contribution in [2.75, 3.05) is 33.3 Å².